The van der Waals surface area contributed by atoms with Crippen LogP contribution in [0.2, 0.25) is 0 Å². The normalized spacial score (nSPS) is 19.8. The lowest BCUT2D eigenvalue weighted by Crippen LogP contribution is -2.49. The van der Waals surface area contributed by atoms with Crippen molar-refractivity contribution in [3.8, 4) is 0 Å². The molecule has 36 heavy (non-hydrogen) atoms. The summed E-state index contributed by atoms with van der Waals surface area (Å²) in [5.74, 6) is -0.593. The summed E-state index contributed by atoms with van der Waals surface area (Å²) in [6.07, 6.45) is 0.668. The Morgan fingerprint density at radius 3 is 2.56 bits per heavy atom. The number of benzene rings is 3. The van der Waals surface area contributed by atoms with E-state index in [1.807, 2.05) is 61.5 Å². The highest BCUT2D eigenvalue weighted by Crippen LogP contribution is 2.45. The van der Waals surface area contributed by atoms with Crippen LogP contribution in [0.15, 0.2) is 78.9 Å². The number of aromatic nitrogens is 1. The van der Waals surface area contributed by atoms with Gasteiger partial charge >= 0.3 is 6.03 Å². The van der Waals surface area contributed by atoms with Crippen molar-refractivity contribution in [3.63, 3.8) is 0 Å². The Morgan fingerprint density at radius 1 is 1.00 bits per heavy atom. The van der Waals surface area contributed by atoms with E-state index < -0.39 is 5.54 Å². The molecule has 1 fully saturated rings. The predicted molar refractivity (Wildman–Crippen MR) is 138 cm³/mol. The maximum absolute atomic E-state index is 13.9. The van der Waals surface area contributed by atoms with Gasteiger partial charge in [0.25, 0.3) is 11.8 Å². The number of para-hydroxylation sites is 1. The summed E-state index contributed by atoms with van der Waals surface area (Å²) in [6, 6.07) is 23.8. The van der Waals surface area contributed by atoms with Crippen molar-refractivity contribution in [3.05, 3.63) is 101 Å². The van der Waals surface area contributed by atoms with Crippen LogP contribution >= 0.6 is 0 Å². The fraction of sp³-hybridized carbons (Fsp3) is 0.207. The van der Waals surface area contributed by atoms with E-state index in [4.69, 9.17) is 0 Å². The van der Waals surface area contributed by atoms with Gasteiger partial charge in [-0.05, 0) is 55.7 Å². The fourth-order valence-corrected chi connectivity index (χ4v) is 5.51. The Kier molecular flexibility index (Phi) is 4.96. The van der Waals surface area contributed by atoms with Crippen LogP contribution in [0, 0.1) is 0 Å². The lowest BCUT2D eigenvalue weighted by atomic mass is 9.87. The van der Waals surface area contributed by atoms with Gasteiger partial charge < -0.3 is 15.2 Å². The number of hydrogen-bond donors (Lipinski definition) is 2. The molecular weight excluding hydrogens is 452 g/mol. The molecule has 180 valence electrons. The molecule has 0 spiro atoms. The highest BCUT2D eigenvalue weighted by atomic mass is 16.2. The van der Waals surface area contributed by atoms with Gasteiger partial charge in [0.15, 0.2) is 5.54 Å². The number of carbonyl (C=O) groups is 3. The molecule has 7 nitrogen and oxygen atoms in total. The van der Waals surface area contributed by atoms with Crippen LogP contribution in [-0.4, -0.2) is 34.3 Å². The van der Waals surface area contributed by atoms with Crippen molar-refractivity contribution in [2.45, 2.75) is 31.8 Å². The minimum Gasteiger partial charge on any atom is -0.356 e. The van der Waals surface area contributed by atoms with E-state index in [0.29, 0.717) is 24.2 Å². The smallest absolute Gasteiger partial charge is 0.332 e. The molecular formula is C29H26N4O3. The molecule has 2 atom stereocenters. The molecule has 0 bridgehead atoms. The second-order valence-corrected chi connectivity index (χ2v) is 9.58. The number of imide groups is 1. The van der Waals surface area contributed by atoms with Crippen molar-refractivity contribution in [1.82, 2.24) is 15.2 Å². The number of fused-ring (bicyclic) bond motifs is 5. The van der Waals surface area contributed by atoms with E-state index in [1.165, 1.54) is 4.90 Å². The van der Waals surface area contributed by atoms with Gasteiger partial charge in [0, 0.05) is 23.0 Å². The number of urea groups is 1. The molecule has 2 unspecified atom stereocenters. The summed E-state index contributed by atoms with van der Waals surface area (Å²) in [4.78, 5) is 46.7. The Hall–Kier alpha value is -4.39. The Bertz CT molecular complexity index is 1530. The predicted octanol–water partition coefficient (Wildman–Crippen LogP) is 4.90. The highest BCUT2D eigenvalue weighted by Gasteiger charge is 2.59. The second-order valence-electron chi connectivity index (χ2n) is 9.58. The molecule has 7 heteroatoms. The highest BCUT2D eigenvalue weighted by molar-refractivity contribution is 6.24. The first kappa shape index (κ1) is 22.1. The molecule has 2 N–H and O–H groups in total. The lowest BCUT2D eigenvalue weighted by Gasteiger charge is -2.35. The summed E-state index contributed by atoms with van der Waals surface area (Å²) in [6.45, 7) is 4.17. The molecule has 3 heterocycles. The van der Waals surface area contributed by atoms with Crippen LogP contribution in [-0.2, 0) is 16.8 Å². The molecule has 1 saturated heterocycles. The minimum atomic E-state index is -1.14. The van der Waals surface area contributed by atoms with E-state index in [9.17, 15) is 14.4 Å². The maximum Gasteiger partial charge on any atom is 0.332 e. The van der Waals surface area contributed by atoms with Crippen molar-refractivity contribution in [2.24, 2.45) is 0 Å². The third-order valence-corrected chi connectivity index (χ3v) is 7.48. The van der Waals surface area contributed by atoms with E-state index in [-0.39, 0.29) is 23.9 Å². The molecule has 4 aromatic rings. The zero-order chi connectivity index (χ0) is 25.0. The summed E-state index contributed by atoms with van der Waals surface area (Å²) in [7, 11) is 0. The Labute approximate surface area is 208 Å². The molecule has 6 rings (SSSR count). The van der Waals surface area contributed by atoms with Gasteiger partial charge in [-0.2, -0.15) is 0 Å². The lowest BCUT2D eigenvalue weighted by molar-refractivity contribution is -0.125. The summed E-state index contributed by atoms with van der Waals surface area (Å²) < 4.78 is 0. The van der Waals surface area contributed by atoms with E-state index in [0.717, 1.165) is 27.7 Å². The maximum atomic E-state index is 13.9. The molecule has 1 aromatic heterocycles. The molecule has 2 aliphatic rings. The van der Waals surface area contributed by atoms with Crippen molar-refractivity contribution >= 4 is 34.4 Å². The third-order valence-electron chi connectivity index (χ3n) is 7.48. The van der Waals surface area contributed by atoms with Crippen molar-refractivity contribution in [1.29, 1.82) is 0 Å². The van der Waals surface area contributed by atoms with Crippen LogP contribution in [0.4, 0.5) is 10.5 Å². The number of amides is 4. The van der Waals surface area contributed by atoms with Crippen LogP contribution in [0.1, 0.15) is 47.1 Å². The molecule has 0 aliphatic carbocycles. The standard InChI is InChI=1S/C29H26N4O3/c1-18(19-9-4-3-5-10-19)30-26(34)20-11-8-12-21(17-20)33-27(35)29(2)25-23(15-16-32(29)28(33)36)22-13-6-7-14-24(22)31-25/h3-14,17-18,31H,15-16H2,1-2H3,(H,30,34). The SMILES string of the molecule is CC(NC(=O)c1cccc(N2C(=O)N3CCc4c([nH]c5ccccc45)C3(C)C2=O)c1)c1ccccc1. The van der Waals surface area contributed by atoms with Gasteiger partial charge in [-0.1, -0.05) is 54.6 Å². The largest absolute Gasteiger partial charge is 0.356 e. The van der Waals surface area contributed by atoms with Crippen LogP contribution in [0.5, 0.6) is 0 Å². The Balaban J connectivity index is 1.33. The van der Waals surface area contributed by atoms with Crippen molar-refractivity contribution in [2.75, 3.05) is 11.4 Å². The van der Waals surface area contributed by atoms with E-state index in [2.05, 4.69) is 10.3 Å². The zero-order valence-corrected chi connectivity index (χ0v) is 20.1. The number of nitrogens with one attached hydrogen (secondary N) is 2. The quantitative estimate of drug-likeness (QED) is 0.409. The first-order chi connectivity index (χ1) is 17.4. The summed E-state index contributed by atoms with van der Waals surface area (Å²) >= 11 is 0. The number of nitrogens with zero attached hydrogens (tertiary/aromatic N) is 2. The molecule has 3 aromatic carbocycles. The summed E-state index contributed by atoms with van der Waals surface area (Å²) in [5, 5.41) is 4.08. The van der Waals surface area contributed by atoms with Gasteiger partial charge in [-0.3, -0.25) is 9.59 Å². The van der Waals surface area contributed by atoms with Crippen LogP contribution in [0.25, 0.3) is 10.9 Å². The van der Waals surface area contributed by atoms with Crippen molar-refractivity contribution < 1.29 is 14.4 Å². The first-order valence-electron chi connectivity index (χ1n) is 12.1. The number of carbonyl (C=O) groups excluding carboxylic acids is 3. The monoisotopic (exact) mass is 478 g/mol. The van der Waals surface area contributed by atoms with Crippen LogP contribution in [0.3, 0.4) is 0 Å². The number of hydrogen-bond acceptors (Lipinski definition) is 3. The molecule has 0 saturated carbocycles. The van der Waals surface area contributed by atoms with Gasteiger partial charge in [0.2, 0.25) is 0 Å². The van der Waals surface area contributed by atoms with Gasteiger partial charge in [0.05, 0.1) is 17.4 Å². The average Bonchev–Trinajstić information content (AvgIpc) is 3.38. The Morgan fingerprint density at radius 2 is 1.75 bits per heavy atom. The van der Waals surface area contributed by atoms with Gasteiger partial charge in [-0.15, -0.1) is 0 Å². The summed E-state index contributed by atoms with van der Waals surface area (Å²) in [5.41, 5.74) is 3.43. The number of aromatic amines is 1. The van der Waals surface area contributed by atoms with Crippen LogP contribution < -0.4 is 10.2 Å². The fourth-order valence-electron chi connectivity index (χ4n) is 5.51. The number of anilines is 1. The van der Waals surface area contributed by atoms with Gasteiger partial charge in [0.1, 0.15) is 0 Å². The van der Waals surface area contributed by atoms with E-state index in [1.54, 1.807) is 36.1 Å². The average molecular weight is 479 g/mol. The number of rotatable bonds is 4. The first-order valence-corrected chi connectivity index (χ1v) is 12.1. The van der Waals surface area contributed by atoms with E-state index >= 15 is 0 Å². The zero-order valence-electron chi connectivity index (χ0n) is 20.1. The third kappa shape index (κ3) is 3.16. The minimum absolute atomic E-state index is 0.189. The van der Waals surface area contributed by atoms with Gasteiger partial charge in [-0.25, -0.2) is 9.69 Å². The molecule has 4 amide bonds. The second kappa shape index (κ2) is 8.09. The topological polar surface area (TPSA) is 85.5 Å². The molecule has 2 aliphatic heterocycles. The molecule has 0 radical (unpaired) electrons. The number of H-pyrrole nitrogens is 1.